The zero-order valence-corrected chi connectivity index (χ0v) is 21.7. The highest BCUT2D eigenvalue weighted by Crippen LogP contribution is 2.24. The molecule has 0 aliphatic carbocycles. The molecular weight excluding hydrogens is 526 g/mol. The second kappa shape index (κ2) is 10.7. The number of nitrogens with one attached hydrogen (secondary N) is 2. The molecule has 1 aliphatic heterocycles. The maximum absolute atomic E-state index is 13.0. The molecule has 38 heavy (non-hydrogen) atoms. The zero-order valence-electron chi connectivity index (χ0n) is 20.2. The summed E-state index contributed by atoms with van der Waals surface area (Å²) in [6.07, 6.45) is 1.55. The Hall–Kier alpha value is -4.15. The van der Waals surface area contributed by atoms with Gasteiger partial charge < -0.3 is 15.1 Å². The first-order chi connectivity index (χ1) is 18.3. The molecule has 0 atom stereocenters. The van der Waals surface area contributed by atoms with Crippen molar-refractivity contribution in [3.8, 4) is 0 Å². The fraction of sp³-hybridized carbons (Fsp3) is 0.148. The van der Waals surface area contributed by atoms with E-state index in [1.807, 2.05) is 0 Å². The first-order valence-corrected chi connectivity index (χ1v) is 13.7. The average molecular weight is 550 g/mol. The summed E-state index contributed by atoms with van der Waals surface area (Å²) in [4.78, 5) is 33.2. The number of nitrogens with zero attached hydrogens (tertiary/aromatic N) is 3. The van der Waals surface area contributed by atoms with Gasteiger partial charge >= 0.3 is 6.03 Å². The van der Waals surface area contributed by atoms with Gasteiger partial charge in [-0.25, -0.2) is 13.2 Å². The van der Waals surface area contributed by atoms with Crippen LogP contribution in [-0.4, -0.2) is 61.3 Å². The van der Waals surface area contributed by atoms with Crippen molar-refractivity contribution in [1.29, 1.82) is 0 Å². The zero-order chi connectivity index (χ0) is 26.7. The van der Waals surface area contributed by atoms with Gasteiger partial charge in [-0.3, -0.25) is 14.5 Å². The van der Waals surface area contributed by atoms with Gasteiger partial charge in [0.1, 0.15) is 4.90 Å². The lowest BCUT2D eigenvalue weighted by molar-refractivity contribution is 0.0671. The van der Waals surface area contributed by atoms with Crippen molar-refractivity contribution in [3.05, 3.63) is 95.6 Å². The summed E-state index contributed by atoms with van der Waals surface area (Å²) in [7, 11) is -3.89. The van der Waals surface area contributed by atoms with Gasteiger partial charge in [-0.2, -0.15) is 0 Å². The maximum atomic E-state index is 13.0. The van der Waals surface area contributed by atoms with Crippen molar-refractivity contribution in [2.24, 2.45) is 0 Å². The molecule has 5 rings (SSSR count). The molecule has 1 aliphatic rings. The van der Waals surface area contributed by atoms with Gasteiger partial charge in [0.15, 0.2) is 0 Å². The summed E-state index contributed by atoms with van der Waals surface area (Å²) in [5.41, 5.74) is 1.75. The quantitative estimate of drug-likeness (QED) is 0.375. The minimum absolute atomic E-state index is 0.0769. The van der Waals surface area contributed by atoms with Gasteiger partial charge in [-0.1, -0.05) is 35.9 Å². The Morgan fingerprint density at radius 1 is 0.816 bits per heavy atom. The first-order valence-electron chi connectivity index (χ1n) is 11.9. The van der Waals surface area contributed by atoms with Crippen molar-refractivity contribution in [2.45, 2.75) is 4.90 Å². The molecule has 0 saturated carbocycles. The lowest BCUT2D eigenvalue weighted by Crippen LogP contribution is -2.51. The molecule has 0 unspecified atom stereocenters. The van der Waals surface area contributed by atoms with Crippen molar-refractivity contribution in [3.63, 3.8) is 0 Å². The minimum Gasteiger partial charge on any atom is -0.335 e. The second-order valence-electron chi connectivity index (χ2n) is 8.73. The molecule has 1 fully saturated rings. The molecule has 3 amide bonds. The SMILES string of the molecule is O=C(Nc1cccc(Cl)c1)N1CCN(C(=O)c2ccc(NS(=O)(=O)c3cccc4cccnc34)cc2)CC1. The number of pyridine rings is 1. The van der Waals surface area contributed by atoms with Crippen molar-refractivity contribution in [2.75, 3.05) is 36.2 Å². The first kappa shape index (κ1) is 25.5. The van der Waals surface area contributed by atoms with Crippen LogP contribution in [-0.2, 0) is 10.0 Å². The van der Waals surface area contributed by atoms with Gasteiger partial charge in [-0.05, 0) is 54.6 Å². The number of carbonyl (C=O) groups excluding carboxylic acids is 2. The number of benzene rings is 3. The monoisotopic (exact) mass is 549 g/mol. The highest BCUT2D eigenvalue weighted by Gasteiger charge is 2.25. The Bertz CT molecular complexity index is 1600. The maximum Gasteiger partial charge on any atom is 0.321 e. The molecule has 1 aromatic heterocycles. The van der Waals surface area contributed by atoms with E-state index in [9.17, 15) is 18.0 Å². The Morgan fingerprint density at radius 2 is 1.50 bits per heavy atom. The summed E-state index contributed by atoms with van der Waals surface area (Å²) in [5.74, 6) is -0.187. The van der Waals surface area contributed by atoms with Crippen LogP contribution in [0.25, 0.3) is 10.9 Å². The Kier molecular flexibility index (Phi) is 7.17. The number of fused-ring (bicyclic) bond motifs is 1. The number of amides is 3. The molecule has 2 heterocycles. The number of halogens is 1. The molecule has 11 heteroatoms. The van der Waals surface area contributed by atoms with Crippen LogP contribution >= 0.6 is 11.6 Å². The fourth-order valence-corrected chi connectivity index (χ4v) is 5.68. The van der Waals surface area contributed by atoms with Crippen LogP contribution in [0.1, 0.15) is 10.4 Å². The number of para-hydroxylation sites is 1. The normalized spacial score (nSPS) is 13.8. The summed E-state index contributed by atoms with van der Waals surface area (Å²) < 4.78 is 28.6. The van der Waals surface area contributed by atoms with Gasteiger partial charge in [0.05, 0.1) is 5.52 Å². The van der Waals surface area contributed by atoms with Crippen LogP contribution in [0.4, 0.5) is 16.2 Å². The van der Waals surface area contributed by atoms with E-state index in [0.717, 1.165) is 5.39 Å². The number of hydrogen-bond acceptors (Lipinski definition) is 5. The molecule has 1 saturated heterocycles. The lowest BCUT2D eigenvalue weighted by atomic mass is 10.1. The van der Waals surface area contributed by atoms with E-state index in [0.29, 0.717) is 53.7 Å². The van der Waals surface area contributed by atoms with E-state index in [2.05, 4.69) is 15.0 Å². The van der Waals surface area contributed by atoms with E-state index in [-0.39, 0.29) is 16.8 Å². The number of hydrogen-bond donors (Lipinski definition) is 2. The van der Waals surface area contributed by atoms with Crippen LogP contribution < -0.4 is 10.0 Å². The predicted molar refractivity (Wildman–Crippen MR) is 147 cm³/mol. The molecule has 3 aromatic carbocycles. The number of piperazine rings is 1. The van der Waals surface area contributed by atoms with Crippen LogP contribution in [0.5, 0.6) is 0 Å². The van der Waals surface area contributed by atoms with E-state index >= 15 is 0 Å². The fourth-order valence-electron chi connectivity index (χ4n) is 4.25. The molecule has 4 aromatic rings. The van der Waals surface area contributed by atoms with Gasteiger partial charge in [0.2, 0.25) is 0 Å². The van der Waals surface area contributed by atoms with Crippen LogP contribution in [0, 0.1) is 0 Å². The third-order valence-corrected chi connectivity index (χ3v) is 7.85. The van der Waals surface area contributed by atoms with Crippen molar-refractivity contribution < 1.29 is 18.0 Å². The molecule has 0 spiro atoms. The molecule has 2 N–H and O–H groups in total. The number of carbonyl (C=O) groups is 2. The number of rotatable bonds is 5. The Morgan fingerprint density at radius 3 is 2.24 bits per heavy atom. The smallest absolute Gasteiger partial charge is 0.321 e. The Balaban J connectivity index is 1.20. The molecule has 0 radical (unpaired) electrons. The molecule has 194 valence electrons. The highest BCUT2D eigenvalue weighted by molar-refractivity contribution is 7.93. The van der Waals surface area contributed by atoms with Gasteiger partial charge in [-0.15, -0.1) is 0 Å². The summed E-state index contributed by atoms with van der Waals surface area (Å²) in [6, 6.07) is 21.4. The molecular formula is C27H24ClN5O4S. The average Bonchev–Trinajstić information content (AvgIpc) is 2.92. The number of urea groups is 1. The van der Waals surface area contributed by atoms with Crippen molar-refractivity contribution in [1.82, 2.24) is 14.8 Å². The van der Waals surface area contributed by atoms with E-state index in [1.165, 1.54) is 6.07 Å². The summed E-state index contributed by atoms with van der Waals surface area (Å²) in [5, 5.41) is 4.06. The lowest BCUT2D eigenvalue weighted by Gasteiger charge is -2.34. The highest BCUT2D eigenvalue weighted by atomic mass is 35.5. The minimum atomic E-state index is -3.89. The largest absolute Gasteiger partial charge is 0.335 e. The summed E-state index contributed by atoms with van der Waals surface area (Å²) in [6.45, 7) is 1.53. The van der Waals surface area contributed by atoms with Crippen LogP contribution in [0.2, 0.25) is 5.02 Å². The number of aromatic nitrogens is 1. The molecule has 9 nitrogen and oxygen atoms in total. The number of sulfonamides is 1. The summed E-state index contributed by atoms with van der Waals surface area (Å²) >= 11 is 5.97. The van der Waals surface area contributed by atoms with Crippen LogP contribution in [0.3, 0.4) is 0 Å². The number of anilines is 2. The van der Waals surface area contributed by atoms with Gasteiger partial charge in [0, 0.05) is 59.7 Å². The van der Waals surface area contributed by atoms with Crippen molar-refractivity contribution >= 4 is 55.8 Å². The molecule has 0 bridgehead atoms. The Labute approximate surface area is 225 Å². The van der Waals surface area contributed by atoms with Crippen LogP contribution in [0.15, 0.2) is 90.0 Å². The second-order valence-corrected chi connectivity index (χ2v) is 10.8. The third-order valence-electron chi connectivity index (χ3n) is 6.20. The van der Waals surface area contributed by atoms with E-state index in [4.69, 9.17) is 11.6 Å². The van der Waals surface area contributed by atoms with E-state index < -0.39 is 10.0 Å². The third kappa shape index (κ3) is 5.56. The van der Waals surface area contributed by atoms with Gasteiger partial charge in [0.25, 0.3) is 15.9 Å². The predicted octanol–water partition coefficient (Wildman–Crippen LogP) is 4.68. The van der Waals surface area contributed by atoms with E-state index in [1.54, 1.807) is 88.8 Å². The topological polar surface area (TPSA) is 112 Å². The standard InChI is InChI=1S/C27H24ClN5O4S/c28-21-6-2-7-23(18-21)30-27(35)33-16-14-32(15-17-33)26(34)20-9-11-22(12-10-20)31-38(36,37)24-8-1-4-19-5-3-13-29-25(19)24/h1-13,18,31H,14-17H2,(H,30,35).